The summed E-state index contributed by atoms with van der Waals surface area (Å²) < 4.78 is 5.16. The molecule has 0 amide bonds. The summed E-state index contributed by atoms with van der Waals surface area (Å²) in [6.45, 7) is 3.92. The van der Waals surface area contributed by atoms with Crippen molar-refractivity contribution in [3.8, 4) is 5.75 Å². The Morgan fingerprint density at radius 1 is 1.50 bits per heavy atom. The average Bonchev–Trinajstić information content (AvgIpc) is 2.25. The summed E-state index contributed by atoms with van der Waals surface area (Å²) >= 11 is 0. The Balaban J connectivity index is 2.10. The first kappa shape index (κ1) is 11.3. The van der Waals surface area contributed by atoms with E-state index in [4.69, 9.17) is 4.74 Å². The molecule has 0 bridgehead atoms. The SMILES string of the molecule is COc1ccc(N[C@H]2CC[C@]2(C)O)c(C)c1. The molecule has 1 aliphatic rings. The fraction of sp³-hybridized carbons (Fsp3) is 0.538. The van der Waals surface area contributed by atoms with E-state index in [-0.39, 0.29) is 6.04 Å². The normalized spacial score (nSPS) is 28.4. The van der Waals surface area contributed by atoms with Gasteiger partial charge in [-0.3, -0.25) is 0 Å². The molecular weight excluding hydrogens is 202 g/mol. The first-order valence-electron chi connectivity index (χ1n) is 5.66. The predicted molar refractivity (Wildman–Crippen MR) is 65.0 cm³/mol. The fourth-order valence-electron chi connectivity index (χ4n) is 2.05. The highest BCUT2D eigenvalue weighted by molar-refractivity contribution is 5.54. The summed E-state index contributed by atoms with van der Waals surface area (Å²) in [5.41, 5.74) is 1.65. The smallest absolute Gasteiger partial charge is 0.119 e. The fourth-order valence-corrected chi connectivity index (χ4v) is 2.05. The lowest BCUT2D eigenvalue weighted by atomic mass is 9.76. The number of hydrogen-bond acceptors (Lipinski definition) is 3. The Labute approximate surface area is 96.4 Å². The average molecular weight is 221 g/mol. The molecule has 1 aromatic carbocycles. The Morgan fingerprint density at radius 2 is 2.25 bits per heavy atom. The minimum Gasteiger partial charge on any atom is -0.497 e. The first-order valence-corrected chi connectivity index (χ1v) is 5.66. The molecule has 0 saturated heterocycles. The monoisotopic (exact) mass is 221 g/mol. The van der Waals surface area contributed by atoms with Crippen molar-refractivity contribution < 1.29 is 9.84 Å². The molecule has 1 aliphatic carbocycles. The highest BCUT2D eigenvalue weighted by Gasteiger charge is 2.40. The maximum atomic E-state index is 9.94. The van der Waals surface area contributed by atoms with Gasteiger partial charge in [0.2, 0.25) is 0 Å². The van der Waals surface area contributed by atoms with Crippen LogP contribution in [0.4, 0.5) is 5.69 Å². The summed E-state index contributed by atoms with van der Waals surface area (Å²) in [6, 6.07) is 6.10. The lowest BCUT2D eigenvalue weighted by Crippen LogP contribution is -2.53. The van der Waals surface area contributed by atoms with Crippen LogP contribution in [0.1, 0.15) is 25.3 Å². The minimum atomic E-state index is -0.563. The number of anilines is 1. The summed E-state index contributed by atoms with van der Waals surface area (Å²) in [4.78, 5) is 0. The molecule has 16 heavy (non-hydrogen) atoms. The van der Waals surface area contributed by atoms with Gasteiger partial charge in [0.15, 0.2) is 0 Å². The van der Waals surface area contributed by atoms with Gasteiger partial charge in [-0.25, -0.2) is 0 Å². The third kappa shape index (κ3) is 2.00. The number of aliphatic hydroxyl groups is 1. The number of methoxy groups -OCH3 is 1. The molecule has 2 N–H and O–H groups in total. The number of ether oxygens (including phenoxy) is 1. The largest absolute Gasteiger partial charge is 0.497 e. The standard InChI is InChI=1S/C13H19NO2/c1-9-8-10(16-3)4-5-11(9)14-12-6-7-13(12,2)15/h4-5,8,12,14-15H,6-7H2,1-3H3/t12-,13-/m0/s1. The van der Waals surface area contributed by atoms with Gasteiger partial charge in [0.25, 0.3) is 0 Å². The molecule has 0 spiro atoms. The Kier molecular flexibility index (Phi) is 2.80. The molecule has 1 saturated carbocycles. The molecule has 3 heteroatoms. The van der Waals surface area contributed by atoms with Crippen molar-refractivity contribution in [2.45, 2.75) is 38.3 Å². The predicted octanol–water partition coefficient (Wildman–Crippen LogP) is 2.33. The van der Waals surface area contributed by atoms with E-state index in [1.807, 2.05) is 32.0 Å². The Morgan fingerprint density at radius 3 is 2.69 bits per heavy atom. The van der Waals surface area contributed by atoms with Crippen molar-refractivity contribution in [3.05, 3.63) is 23.8 Å². The van der Waals surface area contributed by atoms with Gasteiger partial charge in [-0.2, -0.15) is 0 Å². The summed E-state index contributed by atoms with van der Waals surface area (Å²) in [6.07, 6.45) is 1.90. The maximum absolute atomic E-state index is 9.94. The molecule has 0 heterocycles. The molecule has 0 aliphatic heterocycles. The van der Waals surface area contributed by atoms with Gasteiger partial charge >= 0.3 is 0 Å². The summed E-state index contributed by atoms with van der Waals surface area (Å²) in [5.74, 6) is 0.864. The van der Waals surface area contributed by atoms with Crippen LogP contribution in [0.25, 0.3) is 0 Å². The van der Waals surface area contributed by atoms with Crippen molar-refractivity contribution in [2.75, 3.05) is 12.4 Å². The van der Waals surface area contributed by atoms with E-state index in [0.717, 1.165) is 29.8 Å². The van der Waals surface area contributed by atoms with E-state index >= 15 is 0 Å². The number of aryl methyl sites for hydroxylation is 1. The molecule has 1 fully saturated rings. The third-order valence-corrected chi connectivity index (χ3v) is 3.45. The first-order chi connectivity index (χ1) is 7.53. The molecule has 0 radical (unpaired) electrons. The maximum Gasteiger partial charge on any atom is 0.119 e. The van der Waals surface area contributed by atoms with Gasteiger partial charge in [-0.1, -0.05) is 0 Å². The minimum absolute atomic E-state index is 0.166. The molecule has 2 atom stereocenters. The number of benzene rings is 1. The van der Waals surface area contributed by atoms with Crippen LogP contribution in [-0.4, -0.2) is 23.9 Å². The third-order valence-electron chi connectivity index (χ3n) is 3.45. The van der Waals surface area contributed by atoms with Crippen molar-refractivity contribution in [3.63, 3.8) is 0 Å². The molecule has 0 unspecified atom stereocenters. The zero-order valence-corrected chi connectivity index (χ0v) is 10.1. The van der Waals surface area contributed by atoms with Gasteiger partial charge in [-0.05, 0) is 50.5 Å². The lowest BCUT2D eigenvalue weighted by Gasteiger charge is -2.43. The van der Waals surface area contributed by atoms with Crippen LogP contribution in [0.2, 0.25) is 0 Å². The van der Waals surface area contributed by atoms with Crippen molar-refractivity contribution in [1.82, 2.24) is 0 Å². The van der Waals surface area contributed by atoms with Gasteiger partial charge in [0.05, 0.1) is 18.8 Å². The van der Waals surface area contributed by atoms with Crippen LogP contribution in [0.15, 0.2) is 18.2 Å². The van der Waals surface area contributed by atoms with Crippen LogP contribution >= 0.6 is 0 Å². The molecule has 1 aromatic rings. The molecule has 88 valence electrons. The van der Waals surface area contributed by atoms with Crippen molar-refractivity contribution in [1.29, 1.82) is 0 Å². The highest BCUT2D eigenvalue weighted by atomic mass is 16.5. The van der Waals surface area contributed by atoms with E-state index in [9.17, 15) is 5.11 Å². The molecule has 3 nitrogen and oxygen atoms in total. The van der Waals surface area contributed by atoms with Crippen molar-refractivity contribution in [2.24, 2.45) is 0 Å². The van der Waals surface area contributed by atoms with E-state index in [1.165, 1.54) is 0 Å². The van der Waals surface area contributed by atoms with E-state index in [2.05, 4.69) is 5.32 Å². The van der Waals surface area contributed by atoms with Crippen LogP contribution in [0, 0.1) is 6.92 Å². The van der Waals surface area contributed by atoms with Crippen LogP contribution in [-0.2, 0) is 0 Å². The molecule has 0 aromatic heterocycles. The quantitative estimate of drug-likeness (QED) is 0.823. The van der Waals surface area contributed by atoms with Gasteiger partial charge in [-0.15, -0.1) is 0 Å². The van der Waals surface area contributed by atoms with Crippen LogP contribution < -0.4 is 10.1 Å². The molecule has 2 rings (SSSR count). The molecular formula is C13H19NO2. The summed E-state index contributed by atoms with van der Waals surface area (Å²) in [5, 5.41) is 13.3. The Bertz CT molecular complexity index is 388. The number of rotatable bonds is 3. The second-order valence-electron chi connectivity index (χ2n) is 4.77. The van der Waals surface area contributed by atoms with Gasteiger partial charge in [0, 0.05) is 5.69 Å². The van der Waals surface area contributed by atoms with Gasteiger partial charge < -0.3 is 15.2 Å². The van der Waals surface area contributed by atoms with E-state index in [0.29, 0.717) is 0 Å². The topological polar surface area (TPSA) is 41.5 Å². The zero-order chi connectivity index (χ0) is 11.8. The van der Waals surface area contributed by atoms with Crippen LogP contribution in [0.3, 0.4) is 0 Å². The Hall–Kier alpha value is -1.22. The van der Waals surface area contributed by atoms with E-state index < -0.39 is 5.60 Å². The van der Waals surface area contributed by atoms with E-state index in [1.54, 1.807) is 7.11 Å². The summed E-state index contributed by atoms with van der Waals surface area (Å²) in [7, 11) is 1.67. The van der Waals surface area contributed by atoms with Crippen LogP contribution in [0.5, 0.6) is 5.75 Å². The van der Waals surface area contributed by atoms with Crippen molar-refractivity contribution >= 4 is 5.69 Å². The second kappa shape index (κ2) is 3.98. The highest BCUT2D eigenvalue weighted by Crippen LogP contribution is 2.35. The zero-order valence-electron chi connectivity index (χ0n) is 10.1. The number of nitrogens with one attached hydrogen (secondary N) is 1. The second-order valence-corrected chi connectivity index (χ2v) is 4.77. The lowest BCUT2D eigenvalue weighted by molar-refractivity contribution is -0.0286. The number of hydrogen-bond donors (Lipinski definition) is 2. The van der Waals surface area contributed by atoms with Gasteiger partial charge in [0.1, 0.15) is 5.75 Å².